The number of ether oxygens (including phenoxy) is 1. The number of thiocarbonyl (C=S) groups is 1. The van der Waals surface area contributed by atoms with Crippen molar-refractivity contribution in [2.24, 2.45) is 5.73 Å². The Hall–Kier alpha value is -2.01. The molecule has 0 saturated heterocycles. The van der Waals surface area contributed by atoms with Crippen LogP contribution in [0.1, 0.15) is 16.7 Å². The lowest BCUT2D eigenvalue weighted by Crippen LogP contribution is -2.13. The van der Waals surface area contributed by atoms with Crippen molar-refractivity contribution >= 4 is 17.2 Å². The Labute approximate surface area is 116 Å². The quantitative estimate of drug-likeness (QED) is 0.874. The zero-order valence-electron chi connectivity index (χ0n) is 10.6. The number of pyridine rings is 1. The Bertz CT molecular complexity index is 643. The van der Waals surface area contributed by atoms with E-state index in [0.29, 0.717) is 22.8 Å². The number of benzene rings is 1. The number of rotatable bonds is 3. The summed E-state index contributed by atoms with van der Waals surface area (Å²) in [6, 6.07) is 6.29. The van der Waals surface area contributed by atoms with E-state index in [2.05, 4.69) is 4.98 Å². The SMILES string of the molecule is Cc1cc(Oc2nccc(C)c2C(N)=S)ccc1F. The van der Waals surface area contributed by atoms with E-state index in [-0.39, 0.29) is 10.8 Å². The van der Waals surface area contributed by atoms with Gasteiger partial charge in [0.2, 0.25) is 5.88 Å². The van der Waals surface area contributed by atoms with Gasteiger partial charge in [-0.2, -0.15) is 0 Å². The molecule has 0 spiro atoms. The topological polar surface area (TPSA) is 48.1 Å². The molecule has 0 aliphatic rings. The molecule has 1 aromatic carbocycles. The van der Waals surface area contributed by atoms with Crippen molar-refractivity contribution < 1.29 is 9.13 Å². The van der Waals surface area contributed by atoms with Crippen molar-refractivity contribution in [3.63, 3.8) is 0 Å². The van der Waals surface area contributed by atoms with Crippen molar-refractivity contribution in [2.45, 2.75) is 13.8 Å². The number of aromatic nitrogens is 1. The zero-order chi connectivity index (χ0) is 14.0. The predicted octanol–water partition coefficient (Wildman–Crippen LogP) is 3.26. The molecular formula is C14H13FN2OS. The molecule has 2 N–H and O–H groups in total. The summed E-state index contributed by atoms with van der Waals surface area (Å²) in [7, 11) is 0. The van der Waals surface area contributed by atoms with Gasteiger partial charge in [-0.3, -0.25) is 0 Å². The second-order valence-electron chi connectivity index (χ2n) is 4.19. The molecule has 0 radical (unpaired) electrons. The highest BCUT2D eigenvalue weighted by molar-refractivity contribution is 7.80. The summed E-state index contributed by atoms with van der Waals surface area (Å²) < 4.78 is 18.8. The molecule has 2 aromatic rings. The van der Waals surface area contributed by atoms with Gasteiger partial charge >= 0.3 is 0 Å². The van der Waals surface area contributed by atoms with E-state index < -0.39 is 0 Å². The molecule has 5 heteroatoms. The van der Waals surface area contributed by atoms with Gasteiger partial charge in [0.15, 0.2) is 0 Å². The monoisotopic (exact) mass is 276 g/mol. The first kappa shape index (κ1) is 13.4. The molecule has 0 amide bonds. The van der Waals surface area contributed by atoms with E-state index in [1.54, 1.807) is 25.3 Å². The average Bonchev–Trinajstić information content (AvgIpc) is 2.33. The molecule has 0 unspecified atom stereocenters. The summed E-state index contributed by atoms with van der Waals surface area (Å²) >= 11 is 5.00. The van der Waals surface area contributed by atoms with Crippen LogP contribution in [0.4, 0.5) is 4.39 Å². The third kappa shape index (κ3) is 2.88. The number of nitrogens with zero attached hydrogens (tertiary/aromatic N) is 1. The molecule has 0 aliphatic carbocycles. The van der Waals surface area contributed by atoms with Gasteiger partial charge in [0.1, 0.15) is 16.6 Å². The van der Waals surface area contributed by atoms with Gasteiger partial charge in [-0.15, -0.1) is 0 Å². The normalized spacial score (nSPS) is 10.3. The molecule has 98 valence electrons. The molecule has 0 atom stereocenters. The Balaban J connectivity index is 2.40. The minimum absolute atomic E-state index is 0.222. The fourth-order valence-corrected chi connectivity index (χ4v) is 1.95. The average molecular weight is 276 g/mol. The number of aryl methyl sites for hydroxylation is 2. The van der Waals surface area contributed by atoms with Crippen LogP contribution in [0.15, 0.2) is 30.5 Å². The Morgan fingerprint density at radius 2 is 2.00 bits per heavy atom. The summed E-state index contributed by atoms with van der Waals surface area (Å²) in [5, 5.41) is 0. The molecule has 0 saturated carbocycles. The molecule has 1 aromatic heterocycles. The first-order chi connectivity index (χ1) is 8.99. The van der Waals surface area contributed by atoms with Crippen LogP contribution in [0.3, 0.4) is 0 Å². The summed E-state index contributed by atoms with van der Waals surface area (Å²) in [5.41, 5.74) is 7.66. The van der Waals surface area contributed by atoms with E-state index in [1.807, 2.05) is 6.92 Å². The molecule has 1 heterocycles. The third-order valence-electron chi connectivity index (χ3n) is 2.71. The smallest absolute Gasteiger partial charge is 0.229 e. The van der Waals surface area contributed by atoms with Crippen molar-refractivity contribution in [1.29, 1.82) is 0 Å². The maximum atomic E-state index is 13.2. The summed E-state index contributed by atoms with van der Waals surface area (Å²) in [4.78, 5) is 4.35. The first-order valence-corrected chi connectivity index (χ1v) is 6.09. The van der Waals surface area contributed by atoms with Crippen LogP contribution in [0.2, 0.25) is 0 Å². The van der Waals surface area contributed by atoms with E-state index in [9.17, 15) is 4.39 Å². The lowest BCUT2D eigenvalue weighted by atomic mass is 10.1. The maximum Gasteiger partial charge on any atom is 0.229 e. The van der Waals surface area contributed by atoms with E-state index in [0.717, 1.165) is 5.56 Å². The van der Waals surface area contributed by atoms with Gasteiger partial charge in [0.05, 0.1) is 5.56 Å². The van der Waals surface area contributed by atoms with Crippen molar-refractivity contribution in [3.8, 4) is 11.6 Å². The maximum absolute atomic E-state index is 13.2. The van der Waals surface area contributed by atoms with Gasteiger partial charge in [0.25, 0.3) is 0 Å². The molecule has 19 heavy (non-hydrogen) atoms. The minimum Gasteiger partial charge on any atom is -0.438 e. The van der Waals surface area contributed by atoms with E-state index in [4.69, 9.17) is 22.7 Å². The molecule has 0 fully saturated rings. The Morgan fingerprint density at radius 3 is 2.63 bits per heavy atom. The minimum atomic E-state index is -0.279. The highest BCUT2D eigenvalue weighted by Gasteiger charge is 2.12. The highest BCUT2D eigenvalue weighted by atomic mass is 32.1. The third-order valence-corrected chi connectivity index (χ3v) is 2.92. The number of nitrogens with two attached hydrogens (primary N) is 1. The van der Waals surface area contributed by atoms with Gasteiger partial charge in [-0.25, -0.2) is 9.37 Å². The molecule has 0 bridgehead atoms. The zero-order valence-corrected chi connectivity index (χ0v) is 11.4. The summed E-state index contributed by atoms with van der Waals surface area (Å²) in [6.45, 7) is 3.54. The second kappa shape index (κ2) is 5.32. The van der Waals surface area contributed by atoms with Gasteiger partial charge in [0, 0.05) is 6.20 Å². The van der Waals surface area contributed by atoms with Crippen LogP contribution in [-0.4, -0.2) is 9.97 Å². The lowest BCUT2D eigenvalue weighted by Gasteiger charge is -2.11. The second-order valence-corrected chi connectivity index (χ2v) is 4.63. The Morgan fingerprint density at radius 1 is 1.26 bits per heavy atom. The van der Waals surface area contributed by atoms with Crippen LogP contribution in [0.25, 0.3) is 0 Å². The molecule has 2 rings (SSSR count). The molecule has 3 nitrogen and oxygen atoms in total. The lowest BCUT2D eigenvalue weighted by molar-refractivity contribution is 0.459. The van der Waals surface area contributed by atoms with Crippen LogP contribution in [0.5, 0.6) is 11.6 Å². The summed E-state index contributed by atoms with van der Waals surface area (Å²) in [5.74, 6) is 0.548. The van der Waals surface area contributed by atoms with Crippen molar-refractivity contribution in [1.82, 2.24) is 4.98 Å². The number of hydrogen-bond acceptors (Lipinski definition) is 3. The number of halogens is 1. The predicted molar refractivity (Wildman–Crippen MR) is 76.1 cm³/mol. The Kier molecular flexibility index (Phi) is 3.76. The fraction of sp³-hybridized carbons (Fsp3) is 0.143. The van der Waals surface area contributed by atoms with Crippen LogP contribution in [0, 0.1) is 19.7 Å². The fourth-order valence-electron chi connectivity index (χ4n) is 1.70. The van der Waals surface area contributed by atoms with Crippen LogP contribution in [-0.2, 0) is 0 Å². The van der Waals surface area contributed by atoms with E-state index in [1.165, 1.54) is 12.1 Å². The van der Waals surface area contributed by atoms with E-state index >= 15 is 0 Å². The van der Waals surface area contributed by atoms with Crippen molar-refractivity contribution in [3.05, 3.63) is 53.0 Å². The standard InChI is InChI=1S/C14H13FN2OS/c1-8-5-6-17-14(12(8)13(16)19)18-10-3-4-11(15)9(2)7-10/h3-7H,1-2H3,(H2,16,19). The molecular weight excluding hydrogens is 263 g/mol. The summed E-state index contributed by atoms with van der Waals surface area (Å²) in [6.07, 6.45) is 1.61. The van der Waals surface area contributed by atoms with Gasteiger partial charge in [-0.1, -0.05) is 12.2 Å². The number of hydrogen-bond donors (Lipinski definition) is 1. The largest absolute Gasteiger partial charge is 0.438 e. The highest BCUT2D eigenvalue weighted by Crippen LogP contribution is 2.26. The van der Waals surface area contributed by atoms with Crippen LogP contribution < -0.4 is 10.5 Å². The van der Waals surface area contributed by atoms with Gasteiger partial charge < -0.3 is 10.5 Å². The van der Waals surface area contributed by atoms with Crippen LogP contribution >= 0.6 is 12.2 Å². The first-order valence-electron chi connectivity index (χ1n) is 5.68. The van der Waals surface area contributed by atoms with Gasteiger partial charge in [-0.05, 0) is 49.2 Å². The van der Waals surface area contributed by atoms with Crippen molar-refractivity contribution in [2.75, 3.05) is 0 Å². The molecule has 0 aliphatic heterocycles.